The molecule has 3 aromatic rings. The normalized spacial score (nSPS) is 18.8. The highest BCUT2D eigenvalue weighted by molar-refractivity contribution is 6.36. The van der Waals surface area contributed by atoms with Crippen molar-refractivity contribution in [2.24, 2.45) is 5.92 Å². The molecule has 3 heterocycles. The molecule has 0 spiro atoms. The third kappa shape index (κ3) is 4.02. The maximum atomic E-state index is 13.2. The first-order chi connectivity index (χ1) is 16.4. The van der Waals surface area contributed by atoms with Crippen LogP contribution in [0.15, 0.2) is 41.2 Å². The van der Waals surface area contributed by atoms with Gasteiger partial charge in [-0.15, -0.1) is 0 Å². The van der Waals surface area contributed by atoms with E-state index in [1.807, 2.05) is 6.07 Å². The zero-order valence-corrected chi connectivity index (χ0v) is 19.0. The minimum absolute atomic E-state index is 0.0601. The molecular formula is C23H17Cl2N5O4. The van der Waals surface area contributed by atoms with Gasteiger partial charge in [0.1, 0.15) is 11.7 Å². The lowest BCUT2D eigenvalue weighted by Crippen LogP contribution is -2.38. The van der Waals surface area contributed by atoms with E-state index in [9.17, 15) is 14.9 Å². The third-order valence-electron chi connectivity index (χ3n) is 5.58. The lowest BCUT2D eigenvalue weighted by molar-refractivity contribution is -0.119. The van der Waals surface area contributed by atoms with Gasteiger partial charge in [-0.1, -0.05) is 29.3 Å². The molecule has 0 aliphatic carbocycles. The predicted molar refractivity (Wildman–Crippen MR) is 126 cm³/mol. The number of nitriles is 1. The van der Waals surface area contributed by atoms with Crippen LogP contribution in [0.25, 0.3) is 0 Å². The Bertz CT molecular complexity index is 1400. The SMILES string of the molecule is N#CC1C(=O)Nc2nc(Nc3ccc(Cl)cc3Cl)[nH]c(=O)c2C1c1ccc2c(c1)OCCCO2. The molecule has 1 amide bonds. The zero-order valence-electron chi connectivity index (χ0n) is 17.5. The summed E-state index contributed by atoms with van der Waals surface area (Å²) >= 11 is 12.1. The number of H-pyrrole nitrogens is 1. The van der Waals surface area contributed by atoms with Crippen LogP contribution in [0.2, 0.25) is 10.0 Å². The van der Waals surface area contributed by atoms with Crippen molar-refractivity contribution in [3.63, 3.8) is 0 Å². The summed E-state index contributed by atoms with van der Waals surface area (Å²) in [4.78, 5) is 33.0. The van der Waals surface area contributed by atoms with Crippen LogP contribution in [0.5, 0.6) is 11.5 Å². The van der Waals surface area contributed by atoms with E-state index in [-0.39, 0.29) is 17.3 Å². The average Bonchev–Trinajstić information content (AvgIpc) is 3.05. The Morgan fingerprint density at radius 2 is 1.88 bits per heavy atom. The summed E-state index contributed by atoms with van der Waals surface area (Å²) in [6, 6.07) is 12.0. The average molecular weight is 498 g/mol. The Morgan fingerprint density at radius 1 is 1.09 bits per heavy atom. The second-order valence-corrected chi connectivity index (χ2v) is 8.60. The molecule has 2 aliphatic rings. The fourth-order valence-corrected chi connectivity index (χ4v) is 4.48. The molecule has 0 radical (unpaired) electrons. The number of aromatic nitrogens is 2. The van der Waals surface area contributed by atoms with Crippen LogP contribution in [-0.4, -0.2) is 29.1 Å². The molecule has 5 rings (SSSR count). The molecule has 11 heteroatoms. The van der Waals surface area contributed by atoms with Crippen molar-refractivity contribution in [3.05, 3.63) is 67.9 Å². The van der Waals surface area contributed by atoms with Crippen LogP contribution in [0.4, 0.5) is 17.5 Å². The summed E-state index contributed by atoms with van der Waals surface area (Å²) in [5, 5.41) is 16.0. The summed E-state index contributed by atoms with van der Waals surface area (Å²) in [6.45, 7) is 1.00. The Morgan fingerprint density at radius 3 is 2.65 bits per heavy atom. The molecule has 0 fully saturated rings. The topological polar surface area (TPSA) is 129 Å². The molecule has 0 bridgehead atoms. The van der Waals surface area contributed by atoms with E-state index in [2.05, 4.69) is 20.6 Å². The number of carbonyl (C=O) groups is 1. The molecule has 172 valence electrons. The first-order valence-electron chi connectivity index (χ1n) is 10.4. The van der Waals surface area contributed by atoms with Gasteiger partial charge in [-0.2, -0.15) is 10.2 Å². The molecule has 0 saturated heterocycles. The number of fused-ring (bicyclic) bond motifs is 2. The standard InChI is InChI=1S/C23H17Cl2N5O4/c24-12-3-4-15(14(25)9-12)27-23-29-20-19(22(32)30-23)18(13(10-26)21(31)28-20)11-2-5-16-17(8-11)34-7-1-6-33-16/h2-5,8-9,13,18H,1,6-7H2,(H3,27,28,29,30,31,32). The van der Waals surface area contributed by atoms with E-state index in [0.29, 0.717) is 46.0 Å². The number of nitrogens with one attached hydrogen (secondary N) is 3. The summed E-state index contributed by atoms with van der Waals surface area (Å²) in [6.07, 6.45) is 0.733. The maximum absolute atomic E-state index is 13.2. The van der Waals surface area contributed by atoms with E-state index in [0.717, 1.165) is 6.42 Å². The number of nitrogens with zero attached hydrogens (tertiary/aromatic N) is 2. The van der Waals surface area contributed by atoms with Crippen molar-refractivity contribution in [2.75, 3.05) is 23.8 Å². The molecule has 2 aliphatic heterocycles. The minimum Gasteiger partial charge on any atom is -0.490 e. The number of carbonyl (C=O) groups excluding carboxylic acids is 1. The van der Waals surface area contributed by atoms with Gasteiger partial charge >= 0.3 is 0 Å². The van der Waals surface area contributed by atoms with Crippen LogP contribution in [-0.2, 0) is 4.79 Å². The molecule has 9 nitrogen and oxygen atoms in total. The van der Waals surface area contributed by atoms with Crippen molar-refractivity contribution in [1.82, 2.24) is 9.97 Å². The van der Waals surface area contributed by atoms with E-state index in [4.69, 9.17) is 32.7 Å². The quantitative estimate of drug-likeness (QED) is 0.494. The van der Waals surface area contributed by atoms with Gasteiger partial charge in [-0.05, 0) is 35.9 Å². The highest BCUT2D eigenvalue weighted by Gasteiger charge is 2.40. The smallest absolute Gasteiger partial charge is 0.258 e. The highest BCUT2D eigenvalue weighted by atomic mass is 35.5. The number of hydrogen-bond donors (Lipinski definition) is 3. The minimum atomic E-state index is -1.13. The van der Waals surface area contributed by atoms with Crippen LogP contribution >= 0.6 is 23.2 Å². The number of anilines is 3. The second kappa shape index (κ2) is 8.89. The number of ether oxygens (including phenoxy) is 2. The van der Waals surface area contributed by atoms with Crippen molar-refractivity contribution in [2.45, 2.75) is 12.3 Å². The number of hydrogen-bond acceptors (Lipinski definition) is 7. The summed E-state index contributed by atoms with van der Waals surface area (Å²) in [7, 11) is 0. The fourth-order valence-electron chi connectivity index (χ4n) is 4.02. The molecular weight excluding hydrogens is 481 g/mol. The Hall–Kier alpha value is -3.74. The molecule has 3 N–H and O–H groups in total. The number of benzene rings is 2. The lowest BCUT2D eigenvalue weighted by Gasteiger charge is -2.28. The largest absolute Gasteiger partial charge is 0.490 e. The summed E-state index contributed by atoms with van der Waals surface area (Å²) in [5.74, 6) is -1.34. The van der Waals surface area contributed by atoms with Gasteiger partial charge in [0, 0.05) is 17.4 Å². The second-order valence-electron chi connectivity index (χ2n) is 7.76. The van der Waals surface area contributed by atoms with E-state index < -0.39 is 23.3 Å². The predicted octanol–water partition coefficient (Wildman–Crippen LogP) is 4.21. The third-order valence-corrected chi connectivity index (χ3v) is 6.13. The number of aromatic amines is 1. The van der Waals surface area contributed by atoms with Gasteiger partial charge in [0.05, 0.1) is 35.6 Å². The number of halogens is 2. The van der Waals surface area contributed by atoms with E-state index >= 15 is 0 Å². The highest BCUT2D eigenvalue weighted by Crippen LogP contribution is 2.41. The van der Waals surface area contributed by atoms with Crippen molar-refractivity contribution in [3.8, 4) is 17.6 Å². The van der Waals surface area contributed by atoms with Gasteiger partial charge in [-0.3, -0.25) is 14.6 Å². The van der Waals surface area contributed by atoms with E-state index in [1.165, 1.54) is 0 Å². The monoisotopic (exact) mass is 497 g/mol. The van der Waals surface area contributed by atoms with Gasteiger partial charge < -0.3 is 20.1 Å². The lowest BCUT2D eigenvalue weighted by atomic mass is 9.79. The van der Waals surface area contributed by atoms with Gasteiger partial charge in [0.2, 0.25) is 11.9 Å². The molecule has 2 unspecified atom stereocenters. The molecule has 2 atom stereocenters. The van der Waals surface area contributed by atoms with Gasteiger partial charge in [0.25, 0.3) is 5.56 Å². The van der Waals surface area contributed by atoms with Crippen molar-refractivity contribution in [1.29, 1.82) is 5.26 Å². The zero-order chi connectivity index (χ0) is 23.8. The molecule has 1 aromatic heterocycles. The van der Waals surface area contributed by atoms with Crippen LogP contribution < -0.4 is 25.7 Å². The molecule has 34 heavy (non-hydrogen) atoms. The maximum Gasteiger partial charge on any atom is 0.258 e. The first kappa shape index (κ1) is 22.1. The van der Waals surface area contributed by atoms with Crippen LogP contribution in [0.1, 0.15) is 23.5 Å². The number of amides is 1. The summed E-state index contributed by atoms with van der Waals surface area (Å²) < 4.78 is 11.4. The van der Waals surface area contributed by atoms with Crippen molar-refractivity contribution < 1.29 is 14.3 Å². The molecule has 2 aromatic carbocycles. The number of rotatable bonds is 3. The van der Waals surface area contributed by atoms with E-state index in [1.54, 1.807) is 36.4 Å². The van der Waals surface area contributed by atoms with Gasteiger partial charge in [0.15, 0.2) is 11.5 Å². The van der Waals surface area contributed by atoms with Crippen LogP contribution in [0.3, 0.4) is 0 Å². The fraction of sp³-hybridized carbons (Fsp3) is 0.217. The Labute approximate surface area is 203 Å². The first-order valence-corrected chi connectivity index (χ1v) is 11.2. The summed E-state index contributed by atoms with van der Waals surface area (Å²) in [5.41, 5.74) is 0.703. The van der Waals surface area contributed by atoms with Gasteiger partial charge in [-0.25, -0.2) is 0 Å². The van der Waals surface area contributed by atoms with Crippen molar-refractivity contribution >= 4 is 46.6 Å². The van der Waals surface area contributed by atoms with Crippen LogP contribution in [0, 0.1) is 17.2 Å². The Balaban J connectivity index is 1.58. The Kier molecular flexibility index (Phi) is 5.77. The molecule has 0 saturated carbocycles.